The molecule has 1 aromatic heterocycles. The number of Topliss-reactive ketones (excluding diaryl/α,β-unsaturated/α-hetero) is 1. The maximum absolute atomic E-state index is 13.2. The molecule has 1 N–H and O–H groups in total. The number of hydrogen-bond donors (Lipinski definition) is 1. The summed E-state index contributed by atoms with van der Waals surface area (Å²) in [5, 5.41) is 13.3. The Labute approximate surface area is 187 Å². The van der Waals surface area contributed by atoms with Crippen molar-refractivity contribution < 1.29 is 19.4 Å². The van der Waals surface area contributed by atoms with Crippen molar-refractivity contribution in [1.82, 2.24) is 4.90 Å². The number of rotatable bonds is 5. The van der Waals surface area contributed by atoms with Crippen molar-refractivity contribution in [1.29, 1.82) is 0 Å². The number of ether oxygens (including phenoxy) is 1. The van der Waals surface area contributed by atoms with Gasteiger partial charge in [0, 0.05) is 16.5 Å². The molecule has 1 aromatic carbocycles. The predicted octanol–water partition coefficient (Wildman–Crippen LogP) is 5.63. The van der Waals surface area contributed by atoms with Crippen molar-refractivity contribution in [2.75, 3.05) is 7.11 Å². The largest absolute Gasteiger partial charge is 0.507 e. The van der Waals surface area contributed by atoms with Gasteiger partial charge in [0.25, 0.3) is 11.7 Å². The van der Waals surface area contributed by atoms with Crippen LogP contribution in [0.2, 0.25) is 0 Å². The number of methoxy groups -OCH3 is 1. The van der Waals surface area contributed by atoms with Crippen molar-refractivity contribution in [2.24, 2.45) is 0 Å². The van der Waals surface area contributed by atoms with E-state index in [1.165, 1.54) is 11.3 Å². The average Bonchev–Trinajstić information content (AvgIpc) is 3.40. The second kappa shape index (κ2) is 8.87. The van der Waals surface area contributed by atoms with Gasteiger partial charge in [-0.15, -0.1) is 11.3 Å². The highest BCUT2D eigenvalue weighted by molar-refractivity contribution is 7.10. The van der Waals surface area contributed by atoms with E-state index in [1.54, 1.807) is 18.1 Å². The summed E-state index contributed by atoms with van der Waals surface area (Å²) in [7, 11) is 1.62. The summed E-state index contributed by atoms with van der Waals surface area (Å²) in [5.74, 6) is -0.281. The monoisotopic (exact) mass is 439 g/mol. The second-order valence-corrected chi connectivity index (χ2v) is 9.60. The Morgan fingerprint density at radius 1 is 1.16 bits per heavy atom. The number of hydrogen-bond acceptors (Lipinski definition) is 5. The molecular weight excluding hydrogens is 410 g/mol. The van der Waals surface area contributed by atoms with Gasteiger partial charge in [-0.3, -0.25) is 9.59 Å². The summed E-state index contributed by atoms with van der Waals surface area (Å²) >= 11 is 1.51. The van der Waals surface area contributed by atoms with Gasteiger partial charge in [0.1, 0.15) is 11.5 Å². The fraction of sp³-hybridized carbons (Fsp3) is 0.440. The van der Waals surface area contributed by atoms with Crippen LogP contribution in [0.3, 0.4) is 0 Å². The lowest BCUT2D eigenvalue weighted by Crippen LogP contribution is -2.40. The molecule has 1 unspecified atom stereocenters. The van der Waals surface area contributed by atoms with E-state index in [-0.39, 0.29) is 23.3 Å². The predicted molar refractivity (Wildman–Crippen MR) is 122 cm³/mol. The number of likely N-dealkylation sites (tertiary alicyclic amines) is 1. The molecule has 1 saturated carbocycles. The summed E-state index contributed by atoms with van der Waals surface area (Å²) in [6.45, 7) is 4.10. The lowest BCUT2D eigenvalue weighted by molar-refractivity contribution is -0.141. The third-order valence-electron chi connectivity index (χ3n) is 6.39. The molecule has 1 aliphatic heterocycles. The topological polar surface area (TPSA) is 66.8 Å². The van der Waals surface area contributed by atoms with E-state index in [0.717, 1.165) is 48.3 Å². The molecule has 0 radical (unpaired) electrons. The van der Waals surface area contributed by atoms with Gasteiger partial charge in [0.05, 0.1) is 18.7 Å². The number of carbonyl (C=O) groups excluding carboxylic acids is 2. The molecule has 0 bridgehead atoms. The molecule has 1 atom stereocenters. The molecule has 2 aliphatic rings. The van der Waals surface area contributed by atoms with E-state index in [1.807, 2.05) is 29.6 Å². The molecule has 6 heteroatoms. The second-order valence-electron chi connectivity index (χ2n) is 8.63. The van der Waals surface area contributed by atoms with Gasteiger partial charge in [-0.1, -0.05) is 39.2 Å². The molecule has 0 spiro atoms. The van der Waals surface area contributed by atoms with Gasteiger partial charge in [-0.05, 0) is 54.0 Å². The summed E-state index contributed by atoms with van der Waals surface area (Å²) in [6.07, 6.45) is 5.07. The molecule has 31 heavy (non-hydrogen) atoms. The van der Waals surface area contributed by atoms with Crippen molar-refractivity contribution in [2.45, 2.75) is 64.0 Å². The molecular formula is C25H29NO4S. The van der Waals surface area contributed by atoms with Gasteiger partial charge in [-0.25, -0.2) is 0 Å². The highest BCUT2D eigenvalue weighted by atomic mass is 32.1. The Hall–Kier alpha value is -2.60. The van der Waals surface area contributed by atoms with Crippen LogP contribution in [0.4, 0.5) is 0 Å². The normalized spacial score (nSPS) is 21.8. The van der Waals surface area contributed by atoms with E-state index in [4.69, 9.17) is 4.74 Å². The molecule has 5 nitrogen and oxygen atoms in total. The SMILES string of the molecule is COc1ccc(/C(O)=C2/C(=O)C(=O)N(C3CCCCC3)C2c2cccs2)cc1C(C)C. The van der Waals surface area contributed by atoms with Crippen LogP contribution in [-0.2, 0) is 9.59 Å². The lowest BCUT2D eigenvalue weighted by atomic mass is 9.92. The van der Waals surface area contributed by atoms with E-state index < -0.39 is 17.7 Å². The van der Waals surface area contributed by atoms with Crippen LogP contribution in [0.25, 0.3) is 5.76 Å². The number of ketones is 1. The Kier molecular flexibility index (Phi) is 6.19. The van der Waals surface area contributed by atoms with Gasteiger partial charge in [0.15, 0.2) is 0 Å². The van der Waals surface area contributed by atoms with E-state index in [2.05, 4.69) is 13.8 Å². The summed E-state index contributed by atoms with van der Waals surface area (Å²) in [5.41, 5.74) is 1.67. The Morgan fingerprint density at radius 2 is 1.90 bits per heavy atom. The van der Waals surface area contributed by atoms with Gasteiger partial charge >= 0.3 is 0 Å². The van der Waals surface area contributed by atoms with Crippen molar-refractivity contribution in [3.8, 4) is 5.75 Å². The number of aliphatic hydroxyl groups excluding tert-OH is 1. The smallest absolute Gasteiger partial charge is 0.295 e. The van der Waals surface area contributed by atoms with Gasteiger partial charge in [-0.2, -0.15) is 0 Å². The Balaban J connectivity index is 1.85. The molecule has 1 aliphatic carbocycles. The van der Waals surface area contributed by atoms with E-state index in [0.29, 0.717) is 5.56 Å². The van der Waals surface area contributed by atoms with Crippen LogP contribution in [0.5, 0.6) is 5.75 Å². The quantitative estimate of drug-likeness (QED) is 0.372. The number of benzene rings is 1. The minimum atomic E-state index is -0.594. The maximum atomic E-state index is 13.2. The zero-order valence-electron chi connectivity index (χ0n) is 18.3. The summed E-state index contributed by atoms with van der Waals surface area (Å²) < 4.78 is 5.46. The lowest BCUT2D eigenvalue weighted by Gasteiger charge is -2.34. The average molecular weight is 440 g/mol. The molecule has 4 rings (SSSR count). The minimum Gasteiger partial charge on any atom is -0.507 e. The molecule has 1 saturated heterocycles. The molecule has 164 valence electrons. The number of carbonyl (C=O) groups is 2. The Bertz CT molecular complexity index is 1000. The third kappa shape index (κ3) is 3.89. The zero-order valence-corrected chi connectivity index (χ0v) is 19.1. The number of nitrogens with zero attached hydrogens (tertiary/aromatic N) is 1. The van der Waals surface area contributed by atoms with Crippen LogP contribution in [0.15, 0.2) is 41.3 Å². The first-order chi connectivity index (χ1) is 14.9. The molecule has 2 aromatic rings. The van der Waals surface area contributed by atoms with Crippen molar-refractivity contribution >= 4 is 28.8 Å². The summed E-state index contributed by atoms with van der Waals surface area (Å²) in [6, 6.07) is 8.78. The first-order valence-corrected chi connectivity index (χ1v) is 11.8. The van der Waals surface area contributed by atoms with E-state index >= 15 is 0 Å². The van der Waals surface area contributed by atoms with Crippen LogP contribution < -0.4 is 4.74 Å². The first-order valence-electron chi connectivity index (χ1n) is 11.0. The standard InChI is InChI=1S/C25H29NO4S/c1-15(2)18-14-16(11-12-19(18)30-3)23(27)21-22(20-10-7-13-31-20)26(25(29)24(21)28)17-8-5-4-6-9-17/h7,10-15,17,22,27H,4-6,8-9H2,1-3H3/b23-21-. The number of amides is 1. The highest BCUT2D eigenvalue weighted by Crippen LogP contribution is 2.44. The minimum absolute atomic E-state index is 0.0321. The van der Waals surface area contributed by atoms with Crippen LogP contribution in [0, 0.1) is 0 Å². The van der Waals surface area contributed by atoms with Crippen LogP contribution >= 0.6 is 11.3 Å². The Morgan fingerprint density at radius 3 is 2.52 bits per heavy atom. The number of thiophene rings is 1. The van der Waals surface area contributed by atoms with E-state index in [9.17, 15) is 14.7 Å². The molecule has 1 amide bonds. The first kappa shape index (κ1) is 21.6. The van der Waals surface area contributed by atoms with Crippen molar-refractivity contribution in [3.63, 3.8) is 0 Å². The maximum Gasteiger partial charge on any atom is 0.295 e. The fourth-order valence-corrected chi connectivity index (χ4v) is 5.63. The fourth-order valence-electron chi connectivity index (χ4n) is 4.80. The molecule has 2 fully saturated rings. The zero-order chi connectivity index (χ0) is 22.1. The van der Waals surface area contributed by atoms with Crippen LogP contribution in [0.1, 0.15) is 73.9 Å². The summed E-state index contributed by atoms with van der Waals surface area (Å²) in [4.78, 5) is 29.0. The number of aliphatic hydroxyl groups is 1. The highest BCUT2D eigenvalue weighted by Gasteiger charge is 2.49. The van der Waals surface area contributed by atoms with Gasteiger partial charge in [0.2, 0.25) is 0 Å². The molecule has 2 heterocycles. The van der Waals surface area contributed by atoms with Crippen molar-refractivity contribution in [3.05, 3.63) is 57.3 Å². The van der Waals surface area contributed by atoms with Crippen LogP contribution in [-0.4, -0.2) is 34.8 Å². The van der Waals surface area contributed by atoms with Gasteiger partial charge < -0.3 is 14.7 Å². The third-order valence-corrected chi connectivity index (χ3v) is 7.31.